The molecule has 1 spiro atoms. The molecule has 0 radical (unpaired) electrons. The third-order valence-corrected chi connectivity index (χ3v) is 5.33. The maximum Gasteiger partial charge on any atom is 0.250 e. The maximum atomic E-state index is 13.5. The van der Waals surface area contributed by atoms with Crippen LogP contribution in [0.2, 0.25) is 0 Å². The lowest BCUT2D eigenvalue weighted by molar-refractivity contribution is -0.140. The van der Waals surface area contributed by atoms with Gasteiger partial charge in [-0.1, -0.05) is 0 Å². The lowest BCUT2D eigenvalue weighted by Gasteiger charge is -2.47. The molecule has 0 aliphatic carbocycles. The van der Waals surface area contributed by atoms with Crippen LogP contribution in [0.4, 0.5) is 4.39 Å². The van der Waals surface area contributed by atoms with Gasteiger partial charge in [0.25, 0.3) is 5.88 Å². The Bertz CT molecular complexity index is 537. The molecule has 2 aliphatic rings. The number of halogens is 1. The van der Waals surface area contributed by atoms with Crippen LogP contribution in [0.15, 0.2) is 18.3 Å². The van der Waals surface area contributed by atoms with Crippen molar-refractivity contribution >= 4 is 17.7 Å². The average Bonchev–Trinajstić information content (AvgIpc) is 2.84. The molecule has 1 amide bonds. The van der Waals surface area contributed by atoms with Crippen molar-refractivity contribution in [2.24, 2.45) is 0 Å². The zero-order valence-electron chi connectivity index (χ0n) is 11.8. The van der Waals surface area contributed by atoms with Crippen LogP contribution in [-0.4, -0.2) is 59.2 Å². The summed E-state index contributed by atoms with van der Waals surface area (Å²) in [7, 11) is 1.52. The first-order valence-electron chi connectivity index (χ1n) is 6.80. The number of pyridine rings is 1. The molecule has 1 aromatic heterocycles. The topological polar surface area (TPSA) is 51.7 Å². The fraction of sp³-hybridized carbons (Fsp3) is 0.571. The van der Waals surface area contributed by atoms with E-state index in [0.717, 1.165) is 12.2 Å². The summed E-state index contributed by atoms with van der Waals surface area (Å²) in [5.41, 5.74) is 0. The summed E-state index contributed by atoms with van der Waals surface area (Å²) in [6, 6.07) is 2.88. The standard InChI is InChI=1S/C14H17FN2O3S/c1-19-6-12(18)17-8-14(9-17)5-10(7-21-14)20-13-11(15)3-2-4-16-13/h2-4,10H,5-9H2,1H3/t10-/m1/s1. The molecule has 7 heteroatoms. The summed E-state index contributed by atoms with van der Waals surface area (Å²) < 4.78 is 24.1. The number of methoxy groups -OCH3 is 1. The van der Waals surface area contributed by atoms with Crippen LogP contribution in [0.5, 0.6) is 5.88 Å². The molecule has 2 saturated heterocycles. The molecular weight excluding hydrogens is 295 g/mol. The van der Waals surface area contributed by atoms with E-state index in [1.54, 1.807) is 16.7 Å². The van der Waals surface area contributed by atoms with Gasteiger partial charge in [-0.15, -0.1) is 11.8 Å². The molecule has 114 valence electrons. The first-order valence-corrected chi connectivity index (χ1v) is 7.78. The molecule has 1 aromatic rings. The summed E-state index contributed by atoms with van der Waals surface area (Å²) in [6.07, 6.45) is 2.27. The van der Waals surface area contributed by atoms with E-state index in [1.807, 2.05) is 0 Å². The van der Waals surface area contributed by atoms with Crippen molar-refractivity contribution < 1.29 is 18.7 Å². The summed E-state index contributed by atoms with van der Waals surface area (Å²) in [6.45, 7) is 1.55. The third-order valence-electron chi connectivity index (χ3n) is 3.76. The number of ether oxygens (including phenoxy) is 2. The van der Waals surface area contributed by atoms with E-state index in [0.29, 0.717) is 13.1 Å². The first-order chi connectivity index (χ1) is 10.1. The average molecular weight is 312 g/mol. The van der Waals surface area contributed by atoms with E-state index in [1.165, 1.54) is 25.4 Å². The second kappa shape index (κ2) is 5.81. The van der Waals surface area contributed by atoms with Gasteiger partial charge >= 0.3 is 0 Å². The molecule has 0 unspecified atom stereocenters. The van der Waals surface area contributed by atoms with E-state index in [4.69, 9.17) is 9.47 Å². The van der Waals surface area contributed by atoms with E-state index in [-0.39, 0.29) is 29.2 Å². The highest BCUT2D eigenvalue weighted by molar-refractivity contribution is 8.01. The van der Waals surface area contributed by atoms with Gasteiger partial charge in [-0.25, -0.2) is 9.37 Å². The van der Waals surface area contributed by atoms with Crippen molar-refractivity contribution in [1.29, 1.82) is 0 Å². The molecule has 21 heavy (non-hydrogen) atoms. The highest BCUT2D eigenvalue weighted by Gasteiger charge is 2.51. The van der Waals surface area contributed by atoms with Gasteiger partial charge in [0.05, 0.1) is 4.75 Å². The number of carbonyl (C=O) groups excluding carboxylic acids is 1. The Balaban J connectivity index is 1.53. The van der Waals surface area contributed by atoms with Gasteiger partial charge in [0, 0.05) is 38.6 Å². The van der Waals surface area contributed by atoms with E-state index in [2.05, 4.69) is 4.98 Å². The number of rotatable bonds is 4. The van der Waals surface area contributed by atoms with Gasteiger partial charge in [0.15, 0.2) is 5.82 Å². The SMILES string of the molecule is COCC(=O)N1CC2(C[C@@H](Oc3ncccc3F)CS2)C1. The van der Waals surface area contributed by atoms with Crippen LogP contribution in [0.1, 0.15) is 6.42 Å². The Hall–Kier alpha value is -1.34. The molecule has 0 N–H and O–H groups in total. The van der Waals surface area contributed by atoms with Gasteiger partial charge in [-0.2, -0.15) is 0 Å². The van der Waals surface area contributed by atoms with Crippen LogP contribution < -0.4 is 4.74 Å². The highest BCUT2D eigenvalue weighted by atomic mass is 32.2. The van der Waals surface area contributed by atoms with Crippen molar-refractivity contribution in [3.8, 4) is 5.88 Å². The van der Waals surface area contributed by atoms with Crippen LogP contribution in [0, 0.1) is 5.82 Å². The molecule has 0 bridgehead atoms. The van der Waals surface area contributed by atoms with Crippen LogP contribution in [0.3, 0.4) is 0 Å². The second-order valence-electron chi connectivity index (χ2n) is 5.41. The molecule has 5 nitrogen and oxygen atoms in total. The molecular formula is C14H17FN2O3S. The number of hydrogen-bond acceptors (Lipinski definition) is 5. The maximum absolute atomic E-state index is 13.5. The van der Waals surface area contributed by atoms with E-state index < -0.39 is 5.82 Å². The zero-order valence-corrected chi connectivity index (χ0v) is 12.6. The van der Waals surface area contributed by atoms with Crippen molar-refractivity contribution in [3.05, 3.63) is 24.1 Å². The lowest BCUT2D eigenvalue weighted by Crippen LogP contribution is -2.61. The molecule has 1 atom stereocenters. The summed E-state index contributed by atoms with van der Waals surface area (Å²) in [5.74, 6) is 0.437. The number of aromatic nitrogens is 1. The van der Waals surface area contributed by atoms with Gasteiger partial charge in [0.1, 0.15) is 12.7 Å². The van der Waals surface area contributed by atoms with E-state index in [9.17, 15) is 9.18 Å². The van der Waals surface area contributed by atoms with E-state index >= 15 is 0 Å². The Kier molecular flexibility index (Phi) is 4.03. The number of hydrogen-bond donors (Lipinski definition) is 0. The highest BCUT2D eigenvalue weighted by Crippen LogP contribution is 2.46. The fourth-order valence-electron chi connectivity index (χ4n) is 2.75. The van der Waals surface area contributed by atoms with Gasteiger partial charge in [0.2, 0.25) is 5.91 Å². The molecule has 2 aliphatic heterocycles. The van der Waals surface area contributed by atoms with Crippen molar-refractivity contribution in [2.45, 2.75) is 17.3 Å². The molecule has 2 fully saturated rings. The normalized spacial score (nSPS) is 23.1. The fourth-order valence-corrected chi connectivity index (χ4v) is 4.28. The minimum atomic E-state index is -0.436. The molecule has 3 rings (SSSR count). The molecule has 0 aromatic carbocycles. The quantitative estimate of drug-likeness (QED) is 0.839. The lowest BCUT2D eigenvalue weighted by atomic mass is 9.93. The second-order valence-corrected chi connectivity index (χ2v) is 6.90. The van der Waals surface area contributed by atoms with Crippen LogP contribution in [0.25, 0.3) is 0 Å². The third kappa shape index (κ3) is 2.98. The Morgan fingerprint density at radius 3 is 3.14 bits per heavy atom. The molecule has 0 saturated carbocycles. The Morgan fingerprint density at radius 2 is 2.43 bits per heavy atom. The molecule has 3 heterocycles. The Labute approximate surface area is 126 Å². The van der Waals surface area contributed by atoms with Crippen LogP contribution >= 0.6 is 11.8 Å². The van der Waals surface area contributed by atoms with Gasteiger partial charge < -0.3 is 14.4 Å². The predicted molar refractivity (Wildman–Crippen MR) is 76.9 cm³/mol. The Morgan fingerprint density at radius 1 is 1.62 bits per heavy atom. The minimum absolute atomic E-state index is 0.0175. The summed E-state index contributed by atoms with van der Waals surface area (Å²) in [4.78, 5) is 17.4. The summed E-state index contributed by atoms with van der Waals surface area (Å²) in [5, 5.41) is 0. The number of nitrogens with zero attached hydrogens (tertiary/aromatic N) is 2. The monoisotopic (exact) mass is 312 g/mol. The van der Waals surface area contributed by atoms with Gasteiger partial charge in [-0.3, -0.25) is 4.79 Å². The predicted octanol–water partition coefficient (Wildman–Crippen LogP) is 1.33. The van der Waals surface area contributed by atoms with Gasteiger partial charge in [-0.05, 0) is 12.1 Å². The summed E-state index contributed by atoms with van der Waals surface area (Å²) >= 11 is 1.79. The van der Waals surface area contributed by atoms with Crippen molar-refractivity contribution in [1.82, 2.24) is 9.88 Å². The largest absolute Gasteiger partial charge is 0.471 e. The van der Waals surface area contributed by atoms with Crippen LogP contribution in [-0.2, 0) is 9.53 Å². The number of amides is 1. The first kappa shape index (κ1) is 14.6. The van der Waals surface area contributed by atoms with Crippen molar-refractivity contribution in [2.75, 3.05) is 32.6 Å². The number of likely N-dealkylation sites (tertiary alicyclic amines) is 1. The minimum Gasteiger partial charge on any atom is -0.471 e. The number of thioether (sulfide) groups is 1. The zero-order chi connectivity index (χ0) is 14.9. The smallest absolute Gasteiger partial charge is 0.250 e. The van der Waals surface area contributed by atoms with Crippen molar-refractivity contribution in [3.63, 3.8) is 0 Å². The number of carbonyl (C=O) groups is 1.